The minimum atomic E-state index is -3.69. The van der Waals surface area contributed by atoms with E-state index in [1.165, 1.54) is 25.1 Å². The van der Waals surface area contributed by atoms with Crippen molar-refractivity contribution in [3.05, 3.63) is 71.0 Å². The summed E-state index contributed by atoms with van der Waals surface area (Å²) in [5, 5.41) is 12.1. The number of alkyl halides is 2. The van der Waals surface area contributed by atoms with Gasteiger partial charge in [-0.05, 0) is 56.5 Å². The van der Waals surface area contributed by atoms with E-state index in [4.69, 9.17) is 4.74 Å². The molecule has 7 nitrogen and oxygen atoms in total. The van der Waals surface area contributed by atoms with Gasteiger partial charge in [-0.1, -0.05) is 29.8 Å². The van der Waals surface area contributed by atoms with Crippen LogP contribution in [0.25, 0.3) is 11.3 Å². The summed E-state index contributed by atoms with van der Waals surface area (Å²) in [6, 6.07) is 9.90. The number of rotatable bonds is 5. The first-order valence-electron chi connectivity index (χ1n) is 10.8. The third kappa shape index (κ3) is 3.75. The summed E-state index contributed by atoms with van der Waals surface area (Å²) in [6.45, 7) is 3.38. The number of nitrogens with zero attached hydrogens (tertiary/aromatic N) is 1. The maximum absolute atomic E-state index is 13.6. The quantitative estimate of drug-likeness (QED) is 0.638. The van der Waals surface area contributed by atoms with Crippen LogP contribution < -0.4 is 5.32 Å². The highest BCUT2D eigenvalue weighted by molar-refractivity contribution is 5.99. The molecule has 1 aliphatic heterocycles. The Balaban J connectivity index is 1.38. The standard InChI is InChI=1S/C25H22F2N2O5/c1-14-6-9-19(28-20(14)15-4-3-5-16(12-15)21(30)31)29-22(32)24(10-11-24)17-7-8-18-23(2,13-17)34-25(26,27)33-18/h3-9,12H,10-11,13H2,1-2H3,(H,30,31)(H,28,29,32). The number of allylic oxidation sites excluding steroid dienone is 2. The molecule has 9 heteroatoms. The van der Waals surface area contributed by atoms with Gasteiger partial charge in [-0.15, -0.1) is 8.78 Å². The van der Waals surface area contributed by atoms with Crippen LogP contribution in [0.4, 0.5) is 14.6 Å². The van der Waals surface area contributed by atoms with E-state index < -0.39 is 23.3 Å². The maximum Gasteiger partial charge on any atom is 0.536 e. The van der Waals surface area contributed by atoms with Gasteiger partial charge >= 0.3 is 12.3 Å². The van der Waals surface area contributed by atoms with Gasteiger partial charge in [0.05, 0.1) is 16.7 Å². The Morgan fingerprint density at radius 1 is 1.15 bits per heavy atom. The van der Waals surface area contributed by atoms with Crippen molar-refractivity contribution in [2.24, 2.45) is 5.41 Å². The molecule has 1 aromatic heterocycles. The van der Waals surface area contributed by atoms with Gasteiger partial charge in [0.15, 0.2) is 0 Å². The van der Waals surface area contributed by atoms with Gasteiger partial charge < -0.3 is 15.2 Å². The summed E-state index contributed by atoms with van der Waals surface area (Å²) in [6.07, 6.45) is 0.713. The predicted molar refractivity (Wildman–Crippen MR) is 118 cm³/mol. The molecule has 2 heterocycles. The predicted octanol–water partition coefficient (Wildman–Crippen LogP) is 5.04. The number of anilines is 1. The van der Waals surface area contributed by atoms with Gasteiger partial charge in [-0.2, -0.15) is 0 Å². The fourth-order valence-corrected chi connectivity index (χ4v) is 4.58. The first-order valence-corrected chi connectivity index (χ1v) is 10.8. The zero-order chi connectivity index (χ0) is 24.3. The van der Waals surface area contributed by atoms with Crippen LogP contribution in [0.1, 0.15) is 42.1 Å². The molecule has 1 saturated carbocycles. The van der Waals surface area contributed by atoms with E-state index in [0.29, 0.717) is 35.5 Å². The number of carbonyl (C=O) groups is 2. The molecule has 2 aromatic rings. The van der Waals surface area contributed by atoms with Crippen LogP contribution >= 0.6 is 0 Å². The maximum atomic E-state index is 13.6. The summed E-state index contributed by atoms with van der Waals surface area (Å²) < 4.78 is 36.7. The molecule has 0 bridgehead atoms. The van der Waals surface area contributed by atoms with Crippen molar-refractivity contribution in [3.8, 4) is 11.3 Å². The van der Waals surface area contributed by atoms with Crippen molar-refractivity contribution in [2.75, 3.05) is 5.32 Å². The Morgan fingerprint density at radius 2 is 1.91 bits per heavy atom. The average Bonchev–Trinajstić information content (AvgIpc) is 3.54. The summed E-state index contributed by atoms with van der Waals surface area (Å²) in [7, 11) is 0. The van der Waals surface area contributed by atoms with Crippen molar-refractivity contribution in [3.63, 3.8) is 0 Å². The Morgan fingerprint density at radius 3 is 2.62 bits per heavy atom. The van der Waals surface area contributed by atoms with E-state index >= 15 is 0 Å². The average molecular weight is 468 g/mol. The van der Waals surface area contributed by atoms with E-state index in [-0.39, 0.29) is 23.7 Å². The van der Waals surface area contributed by atoms with Crippen LogP contribution in [0.3, 0.4) is 0 Å². The molecule has 2 aliphatic carbocycles. The van der Waals surface area contributed by atoms with Gasteiger partial charge in [0.25, 0.3) is 0 Å². The van der Waals surface area contributed by atoms with Crippen LogP contribution in [0, 0.1) is 12.3 Å². The summed E-state index contributed by atoms with van der Waals surface area (Å²) in [4.78, 5) is 29.2. The van der Waals surface area contributed by atoms with E-state index in [9.17, 15) is 23.5 Å². The van der Waals surface area contributed by atoms with Crippen LogP contribution in [0.5, 0.6) is 0 Å². The first kappa shape index (κ1) is 22.2. The number of benzene rings is 1. The lowest BCUT2D eigenvalue weighted by Gasteiger charge is -2.29. The Hall–Kier alpha value is -3.59. The van der Waals surface area contributed by atoms with Crippen molar-refractivity contribution in [1.29, 1.82) is 0 Å². The van der Waals surface area contributed by atoms with Gasteiger partial charge in [-0.25, -0.2) is 9.78 Å². The van der Waals surface area contributed by atoms with Crippen LogP contribution in [-0.4, -0.2) is 33.9 Å². The zero-order valence-electron chi connectivity index (χ0n) is 18.5. The van der Waals surface area contributed by atoms with Crippen molar-refractivity contribution < 1.29 is 33.0 Å². The van der Waals surface area contributed by atoms with E-state index in [1.54, 1.807) is 30.3 Å². The number of amides is 1. The lowest BCUT2D eigenvalue weighted by molar-refractivity contribution is -0.351. The topological polar surface area (TPSA) is 97.8 Å². The molecule has 0 radical (unpaired) electrons. The number of nitrogens with one attached hydrogen (secondary N) is 1. The number of pyridine rings is 1. The minimum absolute atomic E-state index is 0.0471. The van der Waals surface area contributed by atoms with Gasteiger partial charge in [-0.3, -0.25) is 9.53 Å². The molecule has 1 atom stereocenters. The number of hydrogen-bond acceptors (Lipinski definition) is 5. The van der Waals surface area contributed by atoms with E-state index in [0.717, 1.165) is 5.56 Å². The molecule has 1 unspecified atom stereocenters. The van der Waals surface area contributed by atoms with E-state index in [1.807, 2.05) is 6.92 Å². The molecule has 1 amide bonds. The monoisotopic (exact) mass is 468 g/mol. The lowest BCUT2D eigenvalue weighted by Crippen LogP contribution is -2.35. The molecule has 176 valence electrons. The normalized spacial score (nSPS) is 23.8. The number of carboxylic acid groups (broad SMARTS) is 1. The number of hydrogen-bond donors (Lipinski definition) is 2. The minimum Gasteiger partial charge on any atom is -0.478 e. The fraction of sp³-hybridized carbons (Fsp3) is 0.320. The van der Waals surface area contributed by atoms with Gasteiger partial charge in [0, 0.05) is 12.0 Å². The lowest BCUT2D eigenvalue weighted by atomic mass is 9.81. The molecule has 2 N–H and O–H groups in total. The molecular formula is C25H22F2N2O5. The van der Waals surface area contributed by atoms with Crippen molar-refractivity contribution in [1.82, 2.24) is 4.98 Å². The SMILES string of the molecule is Cc1ccc(NC(=O)C2(C3=CC=C4OC(F)(F)OC4(C)C3)CC2)nc1-c1cccc(C(=O)O)c1. The summed E-state index contributed by atoms with van der Waals surface area (Å²) in [5.74, 6) is -0.943. The molecule has 1 aromatic carbocycles. The summed E-state index contributed by atoms with van der Waals surface area (Å²) in [5.41, 5.74) is 0.700. The second kappa shape index (κ2) is 7.46. The zero-order valence-corrected chi connectivity index (χ0v) is 18.5. The van der Waals surface area contributed by atoms with Crippen molar-refractivity contribution in [2.45, 2.75) is 45.0 Å². The molecule has 34 heavy (non-hydrogen) atoms. The Bertz CT molecular complexity index is 1280. The molecule has 5 rings (SSSR count). The second-order valence-corrected chi connectivity index (χ2v) is 9.08. The highest BCUT2D eigenvalue weighted by atomic mass is 19.3. The third-order valence-corrected chi connectivity index (χ3v) is 6.58. The largest absolute Gasteiger partial charge is 0.536 e. The highest BCUT2D eigenvalue weighted by Gasteiger charge is 2.60. The Kier molecular flexibility index (Phi) is 4.87. The first-order chi connectivity index (χ1) is 16.0. The molecule has 2 fully saturated rings. The highest BCUT2D eigenvalue weighted by Crippen LogP contribution is 2.58. The molecular weight excluding hydrogens is 446 g/mol. The fourth-order valence-electron chi connectivity index (χ4n) is 4.58. The van der Waals surface area contributed by atoms with Crippen LogP contribution in [0.2, 0.25) is 0 Å². The number of carboxylic acids is 1. The van der Waals surface area contributed by atoms with Gasteiger partial charge in [0.1, 0.15) is 17.2 Å². The molecule has 0 spiro atoms. The molecule has 3 aliphatic rings. The number of halogens is 2. The van der Waals surface area contributed by atoms with Crippen molar-refractivity contribution >= 4 is 17.7 Å². The Labute approximate surface area is 194 Å². The van der Waals surface area contributed by atoms with Crippen LogP contribution in [-0.2, 0) is 14.3 Å². The van der Waals surface area contributed by atoms with E-state index in [2.05, 4.69) is 15.0 Å². The number of aromatic nitrogens is 1. The second-order valence-electron chi connectivity index (χ2n) is 9.08. The summed E-state index contributed by atoms with van der Waals surface area (Å²) >= 11 is 0. The third-order valence-electron chi connectivity index (χ3n) is 6.58. The number of carbonyl (C=O) groups excluding carboxylic acids is 1. The molecule has 1 saturated heterocycles. The number of aromatic carboxylic acids is 1. The number of ether oxygens (including phenoxy) is 2. The number of aryl methyl sites for hydroxylation is 1. The smallest absolute Gasteiger partial charge is 0.478 e. The number of fused-ring (bicyclic) bond motifs is 1. The van der Waals surface area contributed by atoms with Crippen LogP contribution in [0.15, 0.2) is 59.9 Å². The van der Waals surface area contributed by atoms with Gasteiger partial charge in [0.2, 0.25) is 5.91 Å².